The summed E-state index contributed by atoms with van der Waals surface area (Å²) in [4.78, 5) is 19.5. The van der Waals surface area contributed by atoms with E-state index in [1.165, 1.54) is 16.0 Å². The minimum absolute atomic E-state index is 0.140. The molecule has 0 atom stereocenters. The zero-order valence-electron chi connectivity index (χ0n) is 15.4. The van der Waals surface area contributed by atoms with Gasteiger partial charge in [-0.05, 0) is 29.3 Å². The van der Waals surface area contributed by atoms with Gasteiger partial charge in [-0.3, -0.25) is 4.79 Å². The first-order chi connectivity index (χ1) is 13.3. The Hall–Kier alpha value is -2.98. The van der Waals surface area contributed by atoms with E-state index in [-0.39, 0.29) is 5.91 Å². The van der Waals surface area contributed by atoms with Gasteiger partial charge in [0.25, 0.3) is 5.91 Å². The molecule has 0 radical (unpaired) electrons. The second-order valence-corrected chi connectivity index (χ2v) is 7.07. The fraction of sp³-hybridized carbons (Fsp3) is 0.217. The molecule has 4 rings (SSSR count). The summed E-state index contributed by atoms with van der Waals surface area (Å²) >= 11 is 0. The predicted octanol–water partition coefficient (Wildman–Crippen LogP) is 1.71. The SMILES string of the molecule is O=C(c1ccc(-c2ccccc2)cc1)N1CC[NH+](Cc2ccc[nH+]c2)CC1. The molecule has 2 heterocycles. The van der Waals surface area contributed by atoms with Crippen molar-refractivity contribution in [2.24, 2.45) is 0 Å². The van der Waals surface area contributed by atoms with E-state index >= 15 is 0 Å². The maximum atomic E-state index is 12.8. The molecule has 4 nitrogen and oxygen atoms in total. The van der Waals surface area contributed by atoms with Crippen LogP contribution in [0.5, 0.6) is 0 Å². The minimum Gasteiger partial charge on any atom is -0.328 e. The van der Waals surface area contributed by atoms with Gasteiger partial charge in [0.15, 0.2) is 12.4 Å². The number of aromatic nitrogens is 1. The fourth-order valence-corrected chi connectivity index (χ4v) is 3.65. The first-order valence-corrected chi connectivity index (χ1v) is 9.53. The summed E-state index contributed by atoms with van der Waals surface area (Å²) in [6.45, 7) is 4.60. The van der Waals surface area contributed by atoms with Gasteiger partial charge in [0, 0.05) is 11.6 Å². The normalized spacial score (nSPS) is 14.9. The molecule has 1 aromatic heterocycles. The number of quaternary nitrogens is 1. The summed E-state index contributed by atoms with van der Waals surface area (Å²) in [7, 11) is 0. The van der Waals surface area contributed by atoms with Crippen molar-refractivity contribution < 1.29 is 14.7 Å². The molecule has 0 bridgehead atoms. The standard InChI is InChI=1S/C23H23N3O/c27-23(22-10-8-21(9-11-22)20-6-2-1-3-7-20)26-15-13-25(14-16-26)18-19-5-4-12-24-17-19/h1-12,17H,13-16,18H2/p+2. The van der Waals surface area contributed by atoms with E-state index in [0.717, 1.165) is 43.9 Å². The smallest absolute Gasteiger partial charge is 0.254 e. The molecule has 0 saturated carbocycles. The van der Waals surface area contributed by atoms with Crippen molar-refractivity contribution in [2.45, 2.75) is 6.54 Å². The van der Waals surface area contributed by atoms with Gasteiger partial charge >= 0.3 is 0 Å². The Morgan fingerprint density at radius 3 is 2.26 bits per heavy atom. The maximum Gasteiger partial charge on any atom is 0.254 e. The minimum atomic E-state index is 0.140. The second kappa shape index (κ2) is 8.14. The van der Waals surface area contributed by atoms with Crippen LogP contribution in [-0.4, -0.2) is 37.0 Å². The number of amides is 1. The molecule has 1 saturated heterocycles. The van der Waals surface area contributed by atoms with Crippen LogP contribution >= 0.6 is 0 Å². The highest BCUT2D eigenvalue weighted by atomic mass is 16.2. The number of rotatable bonds is 4. The number of benzene rings is 2. The van der Waals surface area contributed by atoms with E-state index in [1.807, 2.05) is 59.6 Å². The highest BCUT2D eigenvalue weighted by Crippen LogP contribution is 2.19. The van der Waals surface area contributed by atoms with Crippen LogP contribution in [0.15, 0.2) is 79.1 Å². The lowest BCUT2D eigenvalue weighted by molar-refractivity contribution is -0.917. The Bertz CT molecular complexity index is 871. The lowest BCUT2D eigenvalue weighted by Crippen LogP contribution is -3.13. The molecule has 2 N–H and O–H groups in total. The topological polar surface area (TPSA) is 38.9 Å². The summed E-state index contributed by atoms with van der Waals surface area (Å²) in [5.74, 6) is 0.140. The van der Waals surface area contributed by atoms with Gasteiger partial charge in [0.1, 0.15) is 6.54 Å². The van der Waals surface area contributed by atoms with Crippen LogP contribution in [0.4, 0.5) is 0 Å². The average Bonchev–Trinajstić information content (AvgIpc) is 2.75. The average molecular weight is 359 g/mol. The van der Waals surface area contributed by atoms with Gasteiger partial charge in [-0.1, -0.05) is 42.5 Å². The predicted molar refractivity (Wildman–Crippen MR) is 105 cm³/mol. The molecule has 4 heteroatoms. The van der Waals surface area contributed by atoms with Gasteiger partial charge in [-0.25, -0.2) is 4.98 Å². The Morgan fingerprint density at radius 1 is 0.889 bits per heavy atom. The van der Waals surface area contributed by atoms with Gasteiger partial charge < -0.3 is 9.80 Å². The first-order valence-electron chi connectivity index (χ1n) is 9.53. The molecule has 0 aliphatic carbocycles. The van der Waals surface area contributed by atoms with Gasteiger partial charge in [0.05, 0.1) is 31.7 Å². The van der Waals surface area contributed by atoms with Crippen molar-refractivity contribution in [1.29, 1.82) is 0 Å². The molecular formula is C23H25N3O+2. The number of pyridine rings is 1. The Kier molecular flexibility index (Phi) is 5.26. The quantitative estimate of drug-likeness (QED) is 0.757. The van der Waals surface area contributed by atoms with Crippen molar-refractivity contribution >= 4 is 5.91 Å². The van der Waals surface area contributed by atoms with Crippen LogP contribution in [0.2, 0.25) is 0 Å². The zero-order chi connectivity index (χ0) is 18.5. The van der Waals surface area contributed by atoms with Crippen molar-refractivity contribution in [1.82, 2.24) is 4.90 Å². The second-order valence-electron chi connectivity index (χ2n) is 7.07. The summed E-state index contributed by atoms with van der Waals surface area (Å²) in [5, 5.41) is 0. The summed E-state index contributed by atoms with van der Waals surface area (Å²) in [6.07, 6.45) is 3.98. The first kappa shape index (κ1) is 17.4. The summed E-state index contributed by atoms with van der Waals surface area (Å²) in [5.41, 5.74) is 4.40. The third kappa shape index (κ3) is 4.23. The molecule has 3 aromatic rings. The molecule has 2 aromatic carbocycles. The van der Waals surface area contributed by atoms with Crippen molar-refractivity contribution in [2.75, 3.05) is 26.2 Å². The van der Waals surface area contributed by atoms with Crippen LogP contribution in [0.3, 0.4) is 0 Å². The highest BCUT2D eigenvalue weighted by molar-refractivity contribution is 5.94. The lowest BCUT2D eigenvalue weighted by atomic mass is 10.0. The summed E-state index contributed by atoms with van der Waals surface area (Å²) < 4.78 is 0. The number of carbonyl (C=O) groups is 1. The van der Waals surface area contributed by atoms with Gasteiger partial charge in [0.2, 0.25) is 0 Å². The number of nitrogens with zero attached hydrogens (tertiary/aromatic N) is 1. The lowest BCUT2D eigenvalue weighted by Gasteiger charge is -2.32. The number of hydrogen-bond donors (Lipinski definition) is 1. The van der Waals surface area contributed by atoms with Crippen LogP contribution in [0.1, 0.15) is 15.9 Å². The van der Waals surface area contributed by atoms with E-state index in [1.54, 1.807) is 0 Å². The molecule has 1 amide bonds. The van der Waals surface area contributed by atoms with Crippen molar-refractivity contribution in [3.05, 3.63) is 90.3 Å². The van der Waals surface area contributed by atoms with Crippen LogP contribution in [-0.2, 0) is 6.54 Å². The zero-order valence-corrected chi connectivity index (χ0v) is 15.4. The fourth-order valence-electron chi connectivity index (χ4n) is 3.65. The molecule has 0 unspecified atom stereocenters. The van der Waals surface area contributed by atoms with Crippen LogP contribution in [0, 0.1) is 0 Å². The molecule has 0 spiro atoms. The van der Waals surface area contributed by atoms with Crippen LogP contribution in [0.25, 0.3) is 11.1 Å². The monoisotopic (exact) mass is 359 g/mol. The number of nitrogens with one attached hydrogen (secondary N) is 2. The van der Waals surface area contributed by atoms with E-state index < -0.39 is 0 Å². The molecule has 136 valence electrons. The number of aromatic amines is 1. The Morgan fingerprint density at radius 2 is 1.59 bits per heavy atom. The Labute approximate surface area is 160 Å². The molecular weight excluding hydrogens is 334 g/mol. The van der Waals surface area contributed by atoms with Crippen molar-refractivity contribution in [3.63, 3.8) is 0 Å². The highest BCUT2D eigenvalue weighted by Gasteiger charge is 2.24. The number of piperazine rings is 1. The van der Waals surface area contributed by atoms with E-state index in [4.69, 9.17) is 0 Å². The molecule has 1 aliphatic rings. The number of H-pyrrole nitrogens is 1. The number of hydrogen-bond acceptors (Lipinski definition) is 1. The Balaban J connectivity index is 1.35. The largest absolute Gasteiger partial charge is 0.328 e. The van der Waals surface area contributed by atoms with Crippen molar-refractivity contribution in [3.8, 4) is 11.1 Å². The maximum absolute atomic E-state index is 12.8. The van der Waals surface area contributed by atoms with Crippen LogP contribution < -0.4 is 9.88 Å². The third-order valence-corrected chi connectivity index (χ3v) is 5.22. The molecule has 1 fully saturated rings. The van der Waals surface area contributed by atoms with E-state index in [9.17, 15) is 4.79 Å². The molecule has 1 aliphatic heterocycles. The number of carbonyl (C=O) groups excluding carboxylic acids is 1. The van der Waals surface area contributed by atoms with Gasteiger partial charge in [-0.15, -0.1) is 0 Å². The third-order valence-electron chi connectivity index (χ3n) is 5.22. The summed E-state index contributed by atoms with van der Waals surface area (Å²) in [6, 6.07) is 22.4. The van der Waals surface area contributed by atoms with E-state index in [2.05, 4.69) is 29.4 Å². The molecule has 27 heavy (non-hydrogen) atoms. The van der Waals surface area contributed by atoms with E-state index in [0.29, 0.717) is 0 Å². The van der Waals surface area contributed by atoms with Gasteiger partial charge in [-0.2, -0.15) is 0 Å².